The Balaban J connectivity index is 2.91. The average molecular weight is 310 g/mol. The first-order valence-electron chi connectivity index (χ1n) is 6.19. The summed E-state index contributed by atoms with van der Waals surface area (Å²) in [7, 11) is 1.71. The molecule has 0 amide bonds. The lowest BCUT2D eigenvalue weighted by atomic mass is 10.0. The van der Waals surface area contributed by atoms with Crippen LogP contribution in [0.1, 0.15) is 38.3 Å². The van der Waals surface area contributed by atoms with Gasteiger partial charge in [-0.25, -0.2) is 0 Å². The van der Waals surface area contributed by atoms with E-state index in [1.165, 1.54) is 5.56 Å². The number of nitrogens with one attached hydrogen (secondary N) is 1. The largest absolute Gasteiger partial charge is 0.496 e. The molecular weight excluding hydrogens is 290 g/mol. The molecule has 0 bridgehead atoms. The number of hydrogen-bond acceptors (Lipinski definition) is 2. The van der Waals surface area contributed by atoms with Crippen LogP contribution in [0.25, 0.3) is 0 Å². The normalized spacial score (nSPS) is 11.6. The minimum atomic E-state index is 0.291. The molecule has 1 unspecified atom stereocenters. The van der Waals surface area contributed by atoms with E-state index in [2.05, 4.69) is 46.1 Å². The van der Waals surface area contributed by atoms with Crippen LogP contribution in [0, 0.1) is 11.8 Å². The van der Waals surface area contributed by atoms with Gasteiger partial charge in [0.05, 0.1) is 7.11 Å². The van der Waals surface area contributed by atoms with Gasteiger partial charge in [-0.2, -0.15) is 0 Å². The van der Waals surface area contributed by atoms with E-state index in [0.29, 0.717) is 6.04 Å². The zero-order chi connectivity index (χ0) is 13.4. The maximum atomic E-state index is 5.45. The van der Waals surface area contributed by atoms with Crippen molar-refractivity contribution in [2.24, 2.45) is 0 Å². The molecule has 1 atom stereocenters. The molecular formula is C15H20BrNO. The summed E-state index contributed by atoms with van der Waals surface area (Å²) in [6.07, 6.45) is 1.89. The van der Waals surface area contributed by atoms with Gasteiger partial charge < -0.3 is 10.1 Å². The predicted octanol–water partition coefficient (Wildman–Crippen LogP) is 3.91. The second-order valence-electron chi connectivity index (χ2n) is 3.96. The number of rotatable bonds is 6. The SMILES string of the molecule is CC#CCCC(NCC)c1ccc(Br)cc1OC. The van der Waals surface area contributed by atoms with E-state index in [9.17, 15) is 0 Å². The molecule has 0 fully saturated rings. The van der Waals surface area contributed by atoms with Crippen molar-refractivity contribution in [3.63, 3.8) is 0 Å². The van der Waals surface area contributed by atoms with Crippen LogP contribution in [0.4, 0.5) is 0 Å². The molecule has 0 heterocycles. The second-order valence-corrected chi connectivity index (χ2v) is 4.88. The molecule has 1 aromatic rings. The van der Waals surface area contributed by atoms with Crippen LogP contribution in [-0.2, 0) is 0 Å². The van der Waals surface area contributed by atoms with Crippen molar-refractivity contribution in [3.05, 3.63) is 28.2 Å². The average Bonchev–Trinajstić information content (AvgIpc) is 2.38. The standard InChI is InChI=1S/C15H20BrNO/c1-4-6-7-8-14(17-5-2)13-10-9-12(16)11-15(13)18-3/h9-11,14,17H,5,7-8H2,1-3H3. The first-order chi connectivity index (χ1) is 8.72. The molecule has 0 aromatic heterocycles. The van der Waals surface area contributed by atoms with E-state index in [1.54, 1.807) is 7.11 Å². The van der Waals surface area contributed by atoms with Crippen molar-refractivity contribution in [1.82, 2.24) is 5.32 Å². The van der Waals surface area contributed by atoms with Crippen LogP contribution in [0.15, 0.2) is 22.7 Å². The van der Waals surface area contributed by atoms with Gasteiger partial charge in [0.1, 0.15) is 5.75 Å². The molecule has 0 saturated carbocycles. The summed E-state index contributed by atoms with van der Waals surface area (Å²) in [6, 6.07) is 6.45. The molecule has 0 aliphatic rings. The highest BCUT2D eigenvalue weighted by atomic mass is 79.9. The molecule has 1 rings (SSSR count). The molecule has 3 heteroatoms. The van der Waals surface area contributed by atoms with Gasteiger partial charge in [0, 0.05) is 22.5 Å². The highest BCUT2D eigenvalue weighted by molar-refractivity contribution is 9.10. The molecule has 1 N–H and O–H groups in total. The van der Waals surface area contributed by atoms with E-state index >= 15 is 0 Å². The number of methoxy groups -OCH3 is 1. The Morgan fingerprint density at radius 1 is 1.44 bits per heavy atom. The van der Waals surface area contributed by atoms with E-state index in [1.807, 2.05) is 19.1 Å². The molecule has 18 heavy (non-hydrogen) atoms. The highest BCUT2D eigenvalue weighted by Gasteiger charge is 2.14. The number of ether oxygens (including phenoxy) is 1. The molecule has 0 spiro atoms. The van der Waals surface area contributed by atoms with E-state index in [4.69, 9.17) is 4.74 Å². The number of benzene rings is 1. The first kappa shape index (κ1) is 15.1. The van der Waals surface area contributed by atoms with Gasteiger partial charge in [0.25, 0.3) is 0 Å². The quantitative estimate of drug-likeness (QED) is 0.804. The van der Waals surface area contributed by atoms with Gasteiger partial charge >= 0.3 is 0 Å². The van der Waals surface area contributed by atoms with Gasteiger partial charge in [0.15, 0.2) is 0 Å². The molecule has 0 saturated heterocycles. The topological polar surface area (TPSA) is 21.3 Å². The fourth-order valence-corrected chi connectivity index (χ4v) is 2.27. The van der Waals surface area contributed by atoms with Crippen molar-refractivity contribution in [3.8, 4) is 17.6 Å². The predicted molar refractivity (Wildman–Crippen MR) is 79.8 cm³/mol. The molecule has 1 aromatic carbocycles. The molecule has 0 radical (unpaired) electrons. The smallest absolute Gasteiger partial charge is 0.124 e. The van der Waals surface area contributed by atoms with Gasteiger partial charge in [0.2, 0.25) is 0 Å². The van der Waals surface area contributed by atoms with Crippen LogP contribution in [0.2, 0.25) is 0 Å². The fourth-order valence-electron chi connectivity index (χ4n) is 1.93. The minimum absolute atomic E-state index is 0.291. The lowest BCUT2D eigenvalue weighted by Crippen LogP contribution is -2.21. The van der Waals surface area contributed by atoms with Crippen LogP contribution in [0.3, 0.4) is 0 Å². The Morgan fingerprint density at radius 2 is 2.22 bits per heavy atom. The van der Waals surface area contributed by atoms with E-state index in [-0.39, 0.29) is 0 Å². The summed E-state index contributed by atoms with van der Waals surface area (Å²) >= 11 is 3.47. The highest BCUT2D eigenvalue weighted by Crippen LogP contribution is 2.30. The van der Waals surface area contributed by atoms with Crippen molar-refractivity contribution >= 4 is 15.9 Å². The van der Waals surface area contributed by atoms with Gasteiger partial charge in [-0.3, -0.25) is 0 Å². The van der Waals surface area contributed by atoms with Crippen LogP contribution >= 0.6 is 15.9 Å². The van der Waals surface area contributed by atoms with Crippen molar-refractivity contribution in [1.29, 1.82) is 0 Å². The summed E-state index contributed by atoms with van der Waals surface area (Å²) in [5, 5.41) is 3.49. The second kappa shape index (κ2) is 8.18. The van der Waals surface area contributed by atoms with Crippen molar-refractivity contribution in [2.45, 2.75) is 32.7 Å². The van der Waals surface area contributed by atoms with Crippen molar-refractivity contribution in [2.75, 3.05) is 13.7 Å². The van der Waals surface area contributed by atoms with Crippen molar-refractivity contribution < 1.29 is 4.74 Å². The van der Waals surface area contributed by atoms with Gasteiger partial charge in [-0.1, -0.05) is 28.9 Å². The Bertz CT molecular complexity index is 434. The monoisotopic (exact) mass is 309 g/mol. The van der Waals surface area contributed by atoms with Gasteiger partial charge in [-0.15, -0.1) is 11.8 Å². The lowest BCUT2D eigenvalue weighted by Gasteiger charge is -2.20. The molecule has 0 aliphatic heterocycles. The van der Waals surface area contributed by atoms with Gasteiger partial charge in [-0.05, 0) is 32.0 Å². The molecule has 0 aliphatic carbocycles. The number of hydrogen-bond donors (Lipinski definition) is 1. The Kier molecular flexibility index (Phi) is 6.85. The lowest BCUT2D eigenvalue weighted by molar-refractivity contribution is 0.396. The zero-order valence-corrected chi connectivity index (χ0v) is 12.8. The third-order valence-corrected chi connectivity index (χ3v) is 3.25. The van der Waals surface area contributed by atoms with E-state index in [0.717, 1.165) is 29.6 Å². The summed E-state index contributed by atoms with van der Waals surface area (Å²) in [6.45, 7) is 4.93. The van der Waals surface area contributed by atoms with Crippen LogP contribution < -0.4 is 10.1 Å². The fraction of sp³-hybridized carbons (Fsp3) is 0.467. The third-order valence-electron chi connectivity index (χ3n) is 2.76. The summed E-state index contributed by atoms with van der Waals surface area (Å²) in [5.41, 5.74) is 1.19. The van der Waals surface area contributed by atoms with Crippen LogP contribution in [0.5, 0.6) is 5.75 Å². The van der Waals surface area contributed by atoms with E-state index < -0.39 is 0 Å². The molecule has 2 nitrogen and oxygen atoms in total. The maximum Gasteiger partial charge on any atom is 0.124 e. The molecule has 98 valence electrons. The first-order valence-corrected chi connectivity index (χ1v) is 6.98. The minimum Gasteiger partial charge on any atom is -0.496 e. The Labute approximate surface area is 118 Å². The zero-order valence-electron chi connectivity index (χ0n) is 11.2. The summed E-state index contributed by atoms with van der Waals surface area (Å²) in [4.78, 5) is 0. The van der Waals surface area contributed by atoms with Crippen LogP contribution in [-0.4, -0.2) is 13.7 Å². The number of halogens is 1. The Hall–Kier alpha value is -0.980. The summed E-state index contributed by atoms with van der Waals surface area (Å²) < 4.78 is 6.49. The summed E-state index contributed by atoms with van der Waals surface area (Å²) in [5.74, 6) is 6.97. The maximum absolute atomic E-state index is 5.45. The Morgan fingerprint density at radius 3 is 2.83 bits per heavy atom. The third kappa shape index (κ3) is 4.36.